The topological polar surface area (TPSA) is 70.7 Å². The Bertz CT molecular complexity index is 607. The molecule has 0 aliphatic carbocycles. The molecular formula is C13H18N4O. The fourth-order valence-corrected chi connectivity index (χ4v) is 1.63. The van der Waals surface area contributed by atoms with Crippen LogP contribution < -0.4 is 5.32 Å². The summed E-state index contributed by atoms with van der Waals surface area (Å²) in [5.41, 5.74) is 2.18. The second-order valence-electron chi connectivity index (χ2n) is 5.55. The van der Waals surface area contributed by atoms with Gasteiger partial charge in [0.1, 0.15) is 5.65 Å². The van der Waals surface area contributed by atoms with Crippen molar-refractivity contribution in [3.05, 3.63) is 17.5 Å². The van der Waals surface area contributed by atoms with Crippen molar-refractivity contribution >= 4 is 22.9 Å². The van der Waals surface area contributed by atoms with E-state index in [-0.39, 0.29) is 5.91 Å². The highest BCUT2D eigenvalue weighted by atomic mass is 16.2. The average molecular weight is 246 g/mol. The quantitative estimate of drug-likeness (QED) is 0.812. The third-order valence-corrected chi connectivity index (χ3v) is 2.72. The zero-order chi connectivity index (χ0) is 13.5. The molecule has 0 spiro atoms. The lowest BCUT2D eigenvalue weighted by atomic mass is 9.96. The van der Waals surface area contributed by atoms with Crippen LogP contribution in [0.3, 0.4) is 0 Å². The van der Waals surface area contributed by atoms with Gasteiger partial charge < -0.3 is 4.98 Å². The summed E-state index contributed by atoms with van der Waals surface area (Å²) < 4.78 is 0. The van der Waals surface area contributed by atoms with Crippen LogP contribution in [0.25, 0.3) is 11.0 Å². The smallest absolute Gasteiger partial charge is 0.232 e. The molecule has 2 aromatic heterocycles. The van der Waals surface area contributed by atoms with Crippen LogP contribution in [-0.4, -0.2) is 20.9 Å². The van der Waals surface area contributed by atoms with Crippen molar-refractivity contribution in [1.29, 1.82) is 0 Å². The fraction of sp³-hybridized carbons (Fsp3) is 0.462. The molecule has 5 heteroatoms. The number of rotatable bonds is 1. The van der Waals surface area contributed by atoms with Crippen LogP contribution in [-0.2, 0) is 4.79 Å². The number of hydrogen-bond acceptors (Lipinski definition) is 3. The molecule has 0 fully saturated rings. The molecule has 0 atom stereocenters. The van der Waals surface area contributed by atoms with Gasteiger partial charge in [-0.15, -0.1) is 0 Å². The Balaban J connectivity index is 2.38. The number of aryl methyl sites for hydroxylation is 2. The molecule has 0 aliphatic heterocycles. The number of carbonyl (C=O) groups is 1. The molecule has 5 nitrogen and oxygen atoms in total. The summed E-state index contributed by atoms with van der Waals surface area (Å²) in [6, 6.07) is 2.00. The van der Waals surface area contributed by atoms with Crippen molar-refractivity contribution in [3.8, 4) is 0 Å². The minimum Gasteiger partial charge on any atom is -0.343 e. The number of aromatic nitrogens is 3. The number of amides is 1. The highest BCUT2D eigenvalue weighted by Crippen LogP contribution is 2.20. The predicted octanol–water partition coefficient (Wildman–Crippen LogP) is 2.56. The van der Waals surface area contributed by atoms with Crippen LogP contribution in [0.2, 0.25) is 0 Å². The Hall–Kier alpha value is -1.91. The van der Waals surface area contributed by atoms with Crippen molar-refractivity contribution in [2.45, 2.75) is 34.6 Å². The highest BCUT2D eigenvalue weighted by molar-refractivity contribution is 5.93. The molecule has 2 rings (SSSR count). The van der Waals surface area contributed by atoms with Gasteiger partial charge in [0.25, 0.3) is 0 Å². The first-order chi connectivity index (χ1) is 8.27. The largest absolute Gasteiger partial charge is 0.343 e. The normalized spacial score (nSPS) is 11.8. The van der Waals surface area contributed by atoms with Crippen LogP contribution in [0.15, 0.2) is 6.07 Å². The molecule has 0 saturated heterocycles. The molecule has 0 unspecified atom stereocenters. The summed E-state index contributed by atoms with van der Waals surface area (Å²) in [5, 5.41) is 3.73. The van der Waals surface area contributed by atoms with Crippen molar-refractivity contribution in [2.24, 2.45) is 5.41 Å². The summed E-state index contributed by atoms with van der Waals surface area (Å²) in [5.74, 6) is 0.256. The average Bonchev–Trinajstić information content (AvgIpc) is 2.57. The minimum atomic E-state index is -0.460. The minimum absolute atomic E-state index is 0.0930. The van der Waals surface area contributed by atoms with Crippen LogP contribution >= 0.6 is 0 Å². The van der Waals surface area contributed by atoms with E-state index in [4.69, 9.17) is 0 Å². The number of hydrogen-bond donors (Lipinski definition) is 2. The van der Waals surface area contributed by atoms with E-state index in [1.807, 2.05) is 40.7 Å². The zero-order valence-corrected chi connectivity index (χ0v) is 11.4. The zero-order valence-electron chi connectivity index (χ0n) is 11.4. The number of nitrogens with one attached hydrogen (secondary N) is 2. The maximum absolute atomic E-state index is 11.9. The first kappa shape index (κ1) is 12.5. The molecule has 0 radical (unpaired) electrons. The lowest BCUT2D eigenvalue weighted by molar-refractivity contribution is -0.123. The number of aromatic amines is 1. The Labute approximate surface area is 106 Å². The number of nitrogens with zero attached hydrogens (tertiary/aromatic N) is 2. The first-order valence-corrected chi connectivity index (χ1v) is 5.93. The molecule has 0 saturated carbocycles. The van der Waals surface area contributed by atoms with Gasteiger partial charge >= 0.3 is 0 Å². The van der Waals surface area contributed by atoms with Crippen LogP contribution in [0.4, 0.5) is 5.95 Å². The van der Waals surface area contributed by atoms with Gasteiger partial charge in [-0.25, -0.2) is 4.98 Å². The molecule has 2 N–H and O–H groups in total. The number of fused-ring (bicyclic) bond motifs is 1. The van der Waals surface area contributed by atoms with Gasteiger partial charge in [-0.2, -0.15) is 4.98 Å². The number of anilines is 1. The molecule has 96 valence electrons. The summed E-state index contributed by atoms with van der Waals surface area (Å²) in [6.07, 6.45) is 0. The molecule has 0 aliphatic rings. The van der Waals surface area contributed by atoms with E-state index in [2.05, 4.69) is 20.3 Å². The number of carbonyl (C=O) groups excluding carboxylic acids is 1. The summed E-state index contributed by atoms with van der Waals surface area (Å²) in [4.78, 5) is 23.7. The van der Waals surface area contributed by atoms with Crippen LogP contribution in [0.1, 0.15) is 32.2 Å². The van der Waals surface area contributed by atoms with Gasteiger partial charge in [0, 0.05) is 16.5 Å². The molecule has 2 aromatic rings. The summed E-state index contributed by atoms with van der Waals surface area (Å²) in [7, 11) is 0. The van der Waals surface area contributed by atoms with Gasteiger partial charge in [-0.05, 0) is 19.9 Å². The van der Waals surface area contributed by atoms with Gasteiger partial charge in [-0.1, -0.05) is 20.8 Å². The standard InChI is InChI=1S/C13H18N4O/c1-7-6-9-8(2)15-12(16-10(9)14-7)17-11(18)13(3,4)5/h6H,1-5H3,(H2,14,15,16,17,18). The maximum atomic E-state index is 11.9. The van der Waals surface area contributed by atoms with Crippen molar-refractivity contribution in [1.82, 2.24) is 15.0 Å². The van der Waals surface area contributed by atoms with E-state index in [9.17, 15) is 4.79 Å². The Morgan fingerprint density at radius 3 is 2.56 bits per heavy atom. The molecule has 1 amide bonds. The van der Waals surface area contributed by atoms with E-state index in [1.165, 1.54) is 0 Å². The molecule has 0 bridgehead atoms. The summed E-state index contributed by atoms with van der Waals surface area (Å²) in [6.45, 7) is 9.43. The van der Waals surface area contributed by atoms with E-state index in [0.29, 0.717) is 5.95 Å². The monoisotopic (exact) mass is 246 g/mol. The van der Waals surface area contributed by atoms with Gasteiger partial charge in [0.05, 0.1) is 5.69 Å². The SMILES string of the molecule is Cc1cc2c(C)nc(NC(=O)C(C)(C)C)nc2[nH]1. The third-order valence-electron chi connectivity index (χ3n) is 2.72. The van der Waals surface area contributed by atoms with Crippen LogP contribution in [0, 0.1) is 19.3 Å². The van der Waals surface area contributed by atoms with Gasteiger partial charge in [0.15, 0.2) is 0 Å². The Morgan fingerprint density at radius 1 is 1.28 bits per heavy atom. The van der Waals surface area contributed by atoms with E-state index in [0.717, 1.165) is 22.4 Å². The third kappa shape index (κ3) is 2.34. The first-order valence-electron chi connectivity index (χ1n) is 5.93. The van der Waals surface area contributed by atoms with Gasteiger partial charge in [-0.3, -0.25) is 10.1 Å². The van der Waals surface area contributed by atoms with Crippen molar-refractivity contribution < 1.29 is 4.79 Å². The molecule has 0 aromatic carbocycles. The number of H-pyrrole nitrogens is 1. The van der Waals surface area contributed by atoms with Crippen molar-refractivity contribution in [2.75, 3.05) is 5.32 Å². The van der Waals surface area contributed by atoms with Crippen LogP contribution in [0.5, 0.6) is 0 Å². The predicted molar refractivity (Wildman–Crippen MR) is 71.4 cm³/mol. The Morgan fingerprint density at radius 2 is 1.94 bits per heavy atom. The van der Waals surface area contributed by atoms with Gasteiger partial charge in [0.2, 0.25) is 11.9 Å². The second-order valence-corrected chi connectivity index (χ2v) is 5.55. The summed E-state index contributed by atoms with van der Waals surface area (Å²) >= 11 is 0. The van der Waals surface area contributed by atoms with E-state index >= 15 is 0 Å². The maximum Gasteiger partial charge on any atom is 0.232 e. The molecular weight excluding hydrogens is 228 g/mol. The Kier molecular flexibility index (Phi) is 2.84. The lowest BCUT2D eigenvalue weighted by Gasteiger charge is -2.16. The molecule has 18 heavy (non-hydrogen) atoms. The van der Waals surface area contributed by atoms with E-state index in [1.54, 1.807) is 0 Å². The molecule has 2 heterocycles. The fourth-order valence-electron chi connectivity index (χ4n) is 1.63. The van der Waals surface area contributed by atoms with Crippen molar-refractivity contribution in [3.63, 3.8) is 0 Å². The lowest BCUT2D eigenvalue weighted by Crippen LogP contribution is -2.28. The second kappa shape index (κ2) is 4.08. The van der Waals surface area contributed by atoms with E-state index < -0.39 is 5.41 Å². The highest BCUT2D eigenvalue weighted by Gasteiger charge is 2.22.